The maximum atomic E-state index is 12.0. The van der Waals surface area contributed by atoms with Gasteiger partial charge < -0.3 is 4.98 Å². The highest BCUT2D eigenvalue weighted by Gasteiger charge is 2.07. The molecule has 4 heteroatoms. The lowest BCUT2D eigenvalue weighted by molar-refractivity contribution is 0.103. The Bertz CT molecular complexity index is 755. The van der Waals surface area contributed by atoms with Crippen molar-refractivity contribution in [3.63, 3.8) is 0 Å². The minimum absolute atomic E-state index is 0.156. The van der Waals surface area contributed by atoms with Crippen molar-refractivity contribution in [2.24, 2.45) is 0 Å². The van der Waals surface area contributed by atoms with Crippen molar-refractivity contribution in [3.8, 4) is 0 Å². The first-order valence-corrected chi connectivity index (χ1v) is 6.53. The number of benzene rings is 2. The van der Waals surface area contributed by atoms with Gasteiger partial charge in [0.15, 0.2) is 5.82 Å². The number of rotatable bonds is 3. The molecular formula is C16H11ClN2O. The summed E-state index contributed by atoms with van der Waals surface area (Å²) >= 11 is 5.81. The van der Waals surface area contributed by atoms with Crippen molar-refractivity contribution < 1.29 is 4.79 Å². The summed E-state index contributed by atoms with van der Waals surface area (Å²) in [6, 6.07) is 14.8. The summed E-state index contributed by atoms with van der Waals surface area (Å²) in [5.41, 5.74) is 2.56. The van der Waals surface area contributed by atoms with E-state index in [1.54, 1.807) is 18.2 Å². The molecule has 3 rings (SSSR count). The summed E-state index contributed by atoms with van der Waals surface area (Å²) in [6.45, 7) is 0. The summed E-state index contributed by atoms with van der Waals surface area (Å²) in [5.74, 6) is 0.188. The Labute approximate surface area is 120 Å². The van der Waals surface area contributed by atoms with Crippen molar-refractivity contribution in [1.82, 2.24) is 9.97 Å². The number of hydrogen-bond donors (Lipinski definition) is 1. The van der Waals surface area contributed by atoms with Crippen molar-refractivity contribution in [1.29, 1.82) is 0 Å². The lowest BCUT2D eigenvalue weighted by Crippen LogP contribution is -1.96. The van der Waals surface area contributed by atoms with Crippen LogP contribution in [0.4, 0.5) is 0 Å². The molecular weight excluding hydrogens is 272 g/mol. The molecule has 0 radical (unpaired) electrons. The largest absolute Gasteiger partial charge is 0.335 e. The Kier molecular flexibility index (Phi) is 3.35. The molecule has 3 nitrogen and oxygen atoms in total. The standard InChI is InChI=1S/C16H11ClN2O/c17-12-8-5-11(6-9-12)7-10-15(20)16-18-13-3-1-2-4-14(13)19-16/h1-10H,(H,18,19). The van der Waals surface area contributed by atoms with Crippen LogP contribution in [0.1, 0.15) is 16.2 Å². The molecule has 1 N–H and O–H groups in total. The molecule has 98 valence electrons. The molecule has 0 fully saturated rings. The molecule has 2 aromatic carbocycles. The number of nitrogens with one attached hydrogen (secondary N) is 1. The molecule has 0 unspecified atom stereocenters. The summed E-state index contributed by atoms with van der Waals surface area (Å²) in [4.78, 5) is 19.3. The van der Waals surface area contributed by atoms with Gasteiger partial charge in [0.25, 0.3) is 0 Å². The number of halogens is 1. The Morgan fingerprint density at radius 3 is 2.60 bits per heavy atom. The third-order valence-corrected chi connectivity index (χ3v) is 3.17. The first-order valence-electron chi connectivity index (χ1n) is 6.15. The third kappa shape index (κ3) is 2.63. The molecule has 0 aliphatic carbocycles. The van der Waals surface area contributed by atoms with Crippen LogP contribution in [0.15, 0.2) is 54.6 Å². The van der Waals surface area contributed by atoms with E-state index in [4.69, 9.17) is 11.6 Å². The predicted octanol–water partition coefficient (Wildman–Crippen LogP) is 4.11. The Balaban J connectivity index is 1.83. The number of carbonyl (C=O) groups is 1. The number of H-pyrrole nitrogens is 1. The van der Waals surface area contributed by atoms with E-state index in [2.05, 4.69) is 9.97 Å². The molecule has 3 aromatic rings. The molecule has 0 aliphatic rings. The topological polar surface area (TPSA) is 45.8 Å². The van der Waals surface area contributed by atoms with E-state index in [-0.39, 0.29) is 5.78 Å². The average Bonchev–Trinajstić information content (AvgIpc) is 2.90. The number of aromatic nitrogens is 2. The van der Waals surface area contributed by atoms with Crippen molar-refractivity contribution in [2.45, 2.75) is 0 Å². The van der Waals surface area contributed by atoms with Crippen molar-refractivity contribution in [2.75, 3.05) is 0 Å². The summed E-state index contributed by atoms with van der Waals surface area (Å²) < 4.78 is 0. The molecule has 0 bridgehead atoms. The van der Waals surface area contributed by atoms with E-state index in [9.17, 15) is 4.79 Å². The van der Waals surface area contributed by atoms with Crippen molar-refractivity contribution in [3.05, 3.63) is 71.0 Å². The maximum Gasteiger partial charge on any atom is 0.221 e. The van der Waals surface area contributed by atoms with Gasteiger partial charge in [0.2, 0.25) is 5.78 Å². The fraction of sp³-hybridized carbons (Fsp3) is 0. The highest BCUT2D eigenvalue weighted by atomic mass is 35.5. The van der Waals surface area contributed by atoms with Crippen LogP contribution < -0.4 is 0 Å². The van der Waals surface area contributed by atoms with Gasteiger partial charge in [-0.1, -0.05) is 41.9 Å². The second-order valence-electron chi connectivity index (χ2n) is 4.35. The number of nitrogens with zero attached hydrogens (tertiary/aromatic N) is 1. The minimum Gasteiger partial charge on any atom is -0.335 e. The Hall–Kier alpha value is -2.39. The quantitative estimate of drug-likeness (QED) is 0.580. The molecule has 0 saturated heterocycles. The fourth-order valence-corrected chi connectivity index (χ4v) is 2.02. The molecule has 0 amide bonds. The van der Waals surface area contributed by atoms with Gasteiger partial charge in [0.1, 0.15) is 0 Å². The smallest absolute Gasteiger partial charge is 0.221 e. The van der Waals surface area contributed by atoms with Gasteiger partial charge in [-0.3, -0.25) is 4.79 Å². The van der Waals surface area contributed by atoms with Crippen LogP contribution in [0.5, 0.6) is 0 Å². The number of fused-ring (bicyclic) bond motifs is 1. The second kappa shape index (κ2) is 5.31. The zero-order valence-corrected chi connectivity index (χ0v) is 11.3. The van der Waals surface area contributed by atoms with Crippen LogP contribution in [-0.4, -0.2) is 15.8 Å². The van der Waals surface area contributed by atoms with E-state index in [0.29, 0.717) is 10.8 Å². The first-order chi connectivity index (χ1) is 9.72. The van der Waals surface area contributed by atoms with Gasteiger partial charge in [0.05, 0.1) is 11.0 Å². The number of para-hydroxylation sites is 2. The highest BCUT2D eigenvalue weighted by Crippen LogP contribution is 2.13. The highest BCUT2D eigenvalue weighted by molar-refractivity contribution is 6.30. The van der Waals surface area contributed by atoms with E-state index in [0.717, 1.165) is 16.6 Å². The molecule has 0 saturated carbocycles. The molecule has 0 aliphatic heterocycles. The Morgan fingerprint density at radius 1 is 1.10 bits per heavy atom. The summed E-state index contributed by atoms with van der Waals surface area (Å²) in [5, 5.41) is 0.672. The van der Waals surface area contributed by atoms with Crippen LogP contribution in [0, 0.1) is 0 Å². The van der Waals surface area contributed by atoms with Gasteiger partial charge in [-0.15, -0.1) is 0 Å². The molecule has 1 aromatic heterocycles. The predicted molar refractivity (Wildman–Crippen MR) is 80.9 cm³/mol. The van der Waals surface area contributed by atoms with Crippen LogP contribution in [-0.2, 0) is 0 Å². The van der Waals surface area contributed by atoms with Gasteiger partial charge in [-0.25, -0.2) is 4.98 Å². The summed E-state index contributed by atoms with van der Waals surface area (Å²) in [6.07, 6.45) is 3.24. The number of carbonyl (C=O) groups excluding carboxylic acids is 1. The number of allylic oxidation sites excluding steroid dienone is 1. The van der Waals surface area contributed by atoms with E-state index in [1.807, 2.05) is 36.4 Å². The zero-order valence-electron chi connectivity index (χ0n) is 10.5. The van der Waals surface area contributed by atoms with Gasteiger partial charge >= 0.3 is 0 Å². The van der Waals surface area contributed by atoms with Crippen LogP contribution in [0.3, 0.4) is 0 Å². The second-order valence-corrected chi connectivity index (χ2v) is 4.79. The zero-order chi connectivity index (χ0) is 13.9. The molecule has 0 spiro atoms. The first kappa shape index (κ1) is 12.6. The third-order valence-electron chi connectivity index (χ3n) is 2.92. The molecule has 20 heavy (non-hydrogen) atoms. The summed E-state index contributed by atoms with van der Waals surface area (Å²) in [7, 11) is 0. The molecule has 0 atom stereocenters. The van der Waals surface area contributed by atoms with Crippen LogP contribution in [0.25, 0.3) is 17.1 Å². The van der Waals surface area contributed by atoms with Gasteiger partial charge in [-0.2, -0.15) is 0 Å². The molecule has 1 heterocycles. The number of ketones is 1. The number of imidazole rings is 1. The SMILES string of the molecule is O=C(C=Cc1ccc(Cl)cc1)c1nc2ccccc2[nH]1. The maximum absolute atomic E-state index is 12.0. The van der Waals surface area contributed by atoms with E-state index < -0.39 is 0 Å². The normalized spacial score (nSPS) is 11.2. The lowest BCUT2D eigenvalue weighted by Gasteiger charge is -1.93. The lowest BCUT2D eigenvalue weighted by atomic mass is 10.2. The Morgan fingerprint density at radius 2 is 1.85 bits per heavy atom. The van der Waals surface area contributed by atoms with Crippen molar-refractivity contribution >= 4 is 34.5 Å². The average molecular weight is 283 g/mol. The van der Waals surface area contributed by atoms with Gasteiger partial charge in [0, 0.05) is 5.02 Å². The van der Waals surface area contributed by atoms with Gasteiger partial charge in [-0.05, 0) is 35.9 Å². The van der Waals surface area contributed by atoms with Crippen LogP contribution in [0.2, 0.25) is 5.02 Å². The number of hydrogen-bond acceptors (Lipinski definition) is 2. The number of aromatic amines is 1. The minimum atomic E-state index is -0.156. The van der Waals surface area contributed by atoms with Crippen LogP contribution >= 0.6 is 11.6 Å². The monoisotopic (exact) mass is 282 g/mol. The van der Waals surface area contributed by atoms with E-state index >= 15 is 0 Å². The van der Waals surface area contributed by atoms with E-state index in [1.165, 1.54) is 6.08 Å². The fourth-order valence-electron chi connectivity index (χ4n) is 1.89.